The van der Waals surface area contributed by atoms with E-state index in [2.05, 4.69) is 10.6 Å². The van der Waals surface area contributed by atoms with Gasteiger partial charge < -0.3 is 20.5 Å². The molecular formula is C11H20N2O4. The maximum absolute atomic E-state index is 11.4. The highest BCUT2D eigenvalue weighted by Crippen LogP contribution is 2.12. The van der Waals surface area contributed by atoms with E-state index in [1.165, 1.54) is 0 Å². The Morgan fingerprint density at radius 1 is 1.41 bits per heavy atom. The van der Waals surface area contributed by atoms with Crippen molar-refractivity contribution in [1.29, 1.82) is 0 Å². The van der Waals surface area contributed by atoms with E-state index >= 15 is 0 Å². The normalized spacial score (nSPS) is 18.4. The second-order valence-electron chi connectivity index (χ2n) is 4.21. The van der Waals surface area contributed by atoms with Gasteiger partial charge in [-0.3, -0.25) is 0 Å². The summed E-state index contributed by atoms with van der Waals surface area (Å²) in [4.78, 5) is 22.2. The molecule has 1 saturated heterocycles. The molecule has 0 radical (unpaired) electrons. The number of aliphatic carboxylic acids is 1. The van der Waals surface area contributed by atoms with Gasteiger partial charge in [0.25, 0.3) is 0 Å². The molecule has 6 heteroatoms. The van der Waals surface area contributed by atoms with E-state index in [1.807, 2.05) is 0 Å². The zero-order valence-corrected chi connectivity index (χ0v) is 10.1. The predicted octanol–water partition coefficient (Wildman–Crippen LogP) is 0.575. The van der Waals surface area contributed by atoms with Crippen LogP contribution in [0, 0.1) is 5.92 Å². The van der Waals surface area contributed by atoms with Crippen molar-refractivity contribution in [2.45, 2.75) is 32.2 Å². The van der Waals surface area contributed by atoms with Gasteiger partial charge in [0.1, 0.15) is 6.04 Å². The molecule has 1 aliphatic heterocycles. The first-order chi connectivity index (χ1) is 8.13. The molecule has 0 aliphatic carbocycles. The summed E-state index contributed by atoms with van der Waals surface area (Å²) in [6, 6.07) is -1.23. The minimum Gasteiger partial charge on any atom is -0.480 e. The van der Waals surface area contributed by atoms with Gasteiger partial charge >= 0.3 is 12.0 Å². The van der Waals surface area contributed by atoms with Crippen LogP contribution in [0.3, 0.4) is 0 Å². The maximum atomic E-state index is 11.4. The van der Waals surface area contributed by atoms with E-state index in [1.54, 1.807) is 6.92 Å². The molecule has 3 N–H and O–H groups in total. The molecular weight excluding hydrogens is 224 g/mol. The lowest BCUT2D eigenvalue weighted by Gasteiger charge is -2.22. The number of amides is 2. The minimum atomic E-state index is -1.01. The van der Waals surface area contributed by atoms with Gasteiger partial charge in [-0.05, 0) is 25.2 Å². The summed E-state index contributed by atoms with van der Waals surface area (Å²) in [6.07, 6.45) is 2.26. The minimum absolute atomic E-state index is 0.375. The summed E-state index contributed by atoms with van der Waals surface area (Å²) in [6.45, 7) is 3.77. The van der Waals surface area contributed by atoms with Crippen molar-refractivity contribution in [1.82, 2.24) is 10.6 Å². The van der Waals surface area contributed by atoms with Crippen molar-refractivity contribution in [3.05, 3.63) is 0 Å². The van der Waals surface area contributed by atoms with Gasteiger partial charge in [0, 0.05) is 19.8 Å². The Labute approximate surface area is 101 Å². The van der Waals surface area contributed by atoms with Gasteiger partial charge in [-0.25, -0.2) is 9.59 Å². The Morgan fingerprint density at radius 2 is 2.06 bits per heavy atom. The lowest BCUT2D eigenvalue weighted by molar-refractivity contribution is -0.139. The summed E-state index contributed by atoms with van der Waals surface area (Å²) < 4.78 is 5.21. The average Bonchev–Trinajstić information content (AvgIpc) is 2.34. The van der Waals surface area contributed by atoms with Crippen LogP contribution in [-0.2, 0) is 9.53 Å². The largest absolute Gasteiger partial charge is 0.480 e. The number of hydrogen-bond donors (Lipinski definition) is 3. The Kier molecular flexibility index (Phi) is 5.76. The molecule has 6 nitrogen and oxygen atoms in total. The molecule has 1 atom stereocenters. The Balaban J connectivity index is 2.21. The van der Waals surface area contributed by atoms with Crippen LogP contribution < -0.4 is 10.6 Å². The number of carboxylic acids is 1. The van der Waals surface area contributed by atoms with E-state index in [9.17, 15) is 9.59 Å². The summed E-state index contributed by atoms with van der Waals surface area (Å²) in [7, 11) is 0. The van der Waals surface area contributed by atoms with Crippen LogP contribution in [0.5, 0.6) is 0 Å². The highest BCUT2D eigenvalue weighted by atomic mass is 16.5. The van der Waals surface area contributed by atoms with Gasteiger partial charge in [-0.2, -0.15) is 0 Å². The fourth-order valence-corrected chi connectivity index (χ4v) is 1.74. The molecule has 0 aromatic carbocycles. The molecule has 2 amide bonds. The second-order valence-corrected chi connectivity index (χ2v) is 4.21. The maximum Gasteiger partial charge on any atom is 0.326 e. The predicted molar refractivity (Wildman–Crippen MR) is 61.8 cm³/mol. The van der Waals surface area contributed by atoms with E-state index < -0.39 is 18.0 Å². The SMILES string of the molecule is CC[C@H](NC(=O)NCC1CCOCC1)C(=O)O. The third-order valence-electron chi connectivity index (χ3n) is 2.90. The first kappa shape index (κ1) is 13.8. The third-order valence-corrected chi connectivity index (χ3v) is 2.90. The lowest BCUT2D eigenvalue weighted by atomic mass is 10.0. The van der Waals surface area contributed by atoms with Gasteiger partial charge in [-0.15, -0.1) is 0 Å². The Morgan fingerprint density at radius 3 is 2.59 bits per heavy atom. The van der Waals surface area contributed by atoms with E-state index in [-0.39, 0.29) is 0 Å². The van der Waals surface area contributed by atoms with Crippen molar-refractivity contribution in [3.63, 3.8) is 0 Å². The lowest BCUT2D eigenvalue weighted by Crippen LogP contribution is -2.47. The number of carbonyl (C=O) groups is 2. The van der Waals surface area contributed by atoms with Crippen LogP contribution >= 0.6 is 0 Å². The zero-order valence-electron chi connectivity index (χ0n) is 10.1. The van der Waals surface area contributed by atoms with Crippen molar-refractivity contribution in [3.8, 4) is 0 Å². The molecule has 0 aromatic heterocycles. The van der Waals surface area contributed by atoms with Crippen molar-refractivity contribution in [2.24, 2.45) is 5.92 Å². The van der Waals surface area contributed by atoms with Gasteiger partial charge in [-0.1, -0.05) is 6.92 Å². The molecule has 1 heterocycles. The Bertz CT molecular complexity index is 264. The van der Waals surface area contributed by atoms with Crippen LogP contribution in [0.25, 0.3) is 0 Å². The smallest absolute Gasteiger partial charge is 0.326 e. The molecule has 98 valence electrons. The van der Waals surface area contributed by atoms with E-state index in [0.29, 0.717) is 18.9 Å². The van der Waals surface area contributed by atoms with Gasteiger partial charge in [0.2, 0.25) is 0 Å². The van der Waals surface area contributed by atoms with Crippen LogP contribution in [0.4, 0.5) is 4.79 Å². The fourth-order valence-electron chi connectivity index (χ4n) is 1.74. The van der Waals surface area contributed by atoms with Crippen LogP contribution in [0.1, 0.15) is 26.2 Å². The number of rotatable bonds is 5. The molecule has 0 bridgehead atoms. The van der Waals surface area contributed by atoms with Crippen LogP contribution in [0.2, 0.25) is 0 Å². The highest BCUT2D eigenvalue weighted by Gasteiger charge is 2.19. The number of carboxylic acid groups (broad SMARTS) is 1. The molecule has 0 unspecified atom stereocenters. The fraction of sp³-hybridized carbons (Fsp3) is 0.818. The molecule has 17 heavy (non-hydrogen) atoms. The Hall–Kier alpha value is -1.30. The number of hydrogen-bond acceptors (Lipinski definition) is 3. The molecule has 0 spiro atoms. The van der Waals surface area contributed by atoms with Crippen LogP contribution in [-0.4, -0.2) is 42.9 Å². The quantitative estimate of drug-likeness (QED) is 0.660. The molecule has 0 saturated carbocycles. The summed E-state index contributed by atoms with van der Waals surface area (Å²) in [5.74, 6) is -0.576. The molecule has 0 aromatic rings. The molecule has 1 rings (SSSR count). The second kappa shape index (κ2) is 7.11. The van der Waals surface area contributed by atoms with E-state index in [4.69, 9.17) is 9.84 Å². The zero-order chi connectivity index (χ0) is 12.7. The number of nitrogens with one attached hydrogen (secondary N) is 2. The summed E-state index contributed by atoms with van der Waals surface area (Å²) in [5.41, 5.74) is 0. The molecule has 1 fully saturated rings. The monoisotopic (exact) mass is 244 g/mol. The van der Waals surface area contributed by atoms with Crippen molar-refractivity contribution >= 4 is 12.0 Å². The number of urea groups is 1. The highest BCUT2D eigenvalue weighted by molar-refractivity contribution is 5.82. The van der Waals surface area contributed by atoms with Crippen molar-refractivity contribution < 1.29 is 19.4 Å². The number of ether oxygens (including phenoxy) is 1. The first-order valence-corrected chi connectivity index (χ1v) is 5.98. The third kappa shape index (κ3) is 5.04. The first-order valence-electron chi connectivity index (χ1n) is 5.98. The van der Waals surface area contributed by atoms with Gasteiger partial charge in [0.05, 0.1) is 0 Å². The van der Waals surface area contributed by atoms with Crippen LogP contribution in [0.15, 0.2) is 0 Å². The van der Waals surface area contributed by atoms with Crippen molar-refractivity contribution in [2.75, 3.05) is 19.8 Å². The summed E-state index contributed by atoms with van der Waals surface area (Å²) in [5, 5.41) is 13.9. The summed E-state index contributed by atoms with van der Waals surface area (Å²) >= 11 is 0. The topological polar surface area (TPSA) is 87.7 Å². The van der Waals surface area contributed by atoms with Gasteiger partial charge in [0.15, 0.2) is 0 Å². The standard InChI is InChI=1S/C11H20N2O4/c1-2-9(10(14)15)13-11(16)12-7-8-3-5-17-6-4-8/h8-9H,2-7H2,1H3,(H,14,15)(H2,12,13,16)/t9-/m0/s1. The average molecular weight is 244 g/mol. The molecule has 1 aliphatic rings. The number of carbonyl (C=O) groups excluding carboxylic acids is 1. The van der Waals surface area contributed by atoms with E-state index in [0.717, 1.165) is 26.1 Å².